The Hall–Kier alpha value is -0.420. The second kappa shape index (κ2) is 9.50. The summed E-state index contributed by atoms with van der Waals surface area (Å²) >= 11 is 7.47. The van der Waals surface area contributed by atoms with E-state index in [2.05, 4.69) is 5.32 Å². The second-order valence-electron chi connectivity index (χ2n) is 3.73. The van der Waals surface area contributed by atoms with Gasteiger partial charge in [0.25, 0.3) is 0 Å². The van der Waals surface area contributed by atoms with E-state index in [1.165, 1.54) is 0 Å². The summed E-state index contributed by atoms with van der Waals surface area (Å²) in [4.78, 5) is 12.6. The fraction of sp³-hybridized carbons (Fsp3) is 0.417. The highest BCUT2D eigenvalue weighted by Gasteiger charge is 2.09. The summed E-state index contributed by atoms with van der Waals surface area (Å²) in [5.74, 6) is 0.740. The summed E-state index contributed by atoms with van der Waals surface area (Å²) in [6.45, 7) is 2.86. The molecular formula is C12H18Cl2N2OS. The van der Waals surface area contributed by atoms with Crippen molar-refractivity contribution >= 4 is 41.7 Å². The number of amides is 1. The first-order valence-electron chi connectivity index (χ1n) is 5.49. The molecule has 0 spiro atoms. The van der Waals surface area contributed by atoms with Gasteiger partial charge in [-0.2, -0.15) is 0 Å². The molecule has 0 saturated heterocycles. The fourth-order valence-electron chi connectivity index (χ4n) is 1.16. The molecule has 3 nitrogen and oxygen atoms in total. The van der Waals surface area contributed by atoms with Crippen molar-refractivity contribution in [1.29, 1.82) is 0 Å². The van der Waals surface area contributed by atoms with Gasteiger partial charge in [-0.25, -0.2) is 0 Å². The minimum absolute atomic E-state index is 0. The molecule has 0 radical (unpaired) electrons. The van der Waals surface area contributed by atoms with Gasteiger partial charge in [0, 0.05) is 34.7 Å². The van der Waals surface area contributed by atoms with Crippen LogP contribution in [0.4, 0.5) is 0 Å². The van der Waals surface area contributed by atoms with Crippen molar-refractivity contribution in [3.63, 3.8) is 0 Å². The van der Waals surface area contributed by atoms with Gasteiger partial charge in [0.05, 0.1) is 0 Å². The highest BCUT2D eigenvalue weighted by atomic mass is 35.5. The lowest BCUT2D eigenvalue weighted by Gasteiger charge is -2.09. The van der Waals surface area contributed by atoms with Gasteiger partial charge in [0.15, 0.2) is 0 Å². The molecular weight excluding hydrogens is 291 g/mol. The van der Waals surface area contributed by atoms with Crippen molar-refractivity contribution < 1.29 is 4.79 Å². The van der Waals surface area contributed by atoms with E-state index in [0.717, 1.165) is 15.7 Å². The Morgan fingerprint density at radius 3 is 2.61 bits per heavy atom. The zero-order chi connectivity index (χ0) is 12.7. The van der Waals surface area contributed by atoms with E-state index < -0.39 is 0 Å². The second-order valence-corrected chi connectivity index (χ2v) is 5.33. The molecule has 1 rings (SSSR count). The van der Waals surface area contributed by atoms with E-state index in [4.69, 9.17) is 17.3 Å². The van der Waals surface area contributed by atoms with Crippen LogP contribution in [0.2, 0.25) is 5.02 Å². The summed E-state index contributed by atoms with van der Waals surface area (Å²) in [5, 5.41) is 3.58. The zero-order valence-corrected chi connectivity index (χ0v) is 12.6. The number of thioether (sulfide) groups is 1. The van der Waals surface area contributed by atoms with Crippen molar-refractivity contribution in [2.45, 2.75) is 11.8 Å². The van der Waals surface area contributed by atoms with Crippen LogP contribution in [-0.2, 0) is 4.79 Å². The van der Waals surface area contributed by atoms with E-state index in [0.29, 0.717) is 13.1 Å². The van der Waals surface area contributed by atoms with Crippen molar-refractivity contribution in [2.24, 2.45) is 11.7 Å². The minimum Gasteiger partial charge on any atom is -0.355 e. The quantitative estimate of drug-likeness (QED) is 0.627. The van der Waals surface area contributed by atoms with Crippen molar-refractivity contribution in [2.75, 3.05) is 18.8 Å². The van der Waals surface area contributed by atoms with E-state index in [1.54, 1.807) is 11.8 Å². The lowest BCUT2D eigenvalue weighted by atomic mass is 10.2. The molecule has 0 aliphatic rings. The van der Waals surface area contributed by atoms with Gasteiger partial charge in [-0.15, -0.1) is 24.2 Å². The molecule has 0 bridgehead atoms. The minimum atomic E-state index is -0.115. The lowest BCUT2D eigenvalue weighted by molar-refractivity contribution is -0.124. The molecule has 3 N–H and O–H groups in total. The Balaban J connectivity index is 0.00000289. The molecule has 0 aliphatic carbocycles. The summed E-state index contributed by atoms with van der Waals surface area (Å²) < 4.78 is 0. The number of hydrogen-bond acceptors (Lipinski definition) is 3. The zero-order valence-electron chi connectivity index (χ0n) is 10.2. The first kappa shape index (κ1) is 17.6. The van der Waals surface area contributed by atoms with E-state index in [-0.39, 0.29) is 24.2 Å². The van der Waals surface area contributed by atoms with Crippen LogP contribution >= 0.6 is 35.8 Å². The number of hydrogen-bond donors (Lipinski definition) is 2. The Morgan fingerprint density at radius 1 is 1.44 bits per heavy atom. The molecule has 0 fully saturated rings. The third-order valence-corrected chi connectivity index (χ3v) is 3.55. The van der Waals surface area contributed by atoms with Gasteiger partial charge in [-0.1, -0.05) is 18.5 Å². The third kappa shape index (κ3) is 6.50. The summed E-state index contributed by atoms with van der Waals surface area (Å²) in [5.41, 5.74) is 5.40. The SMILES string of the molecule is CC(CN)C(=O)NCCSc1ccc(Cl)cc1.Cl. The van der Waals surface area contributed by atoms with Crippen LogP contribution in [0, 0.1) is 5.92 Å². The first-order valence-corrected chi connectivity index (χ1v) is 6.86. The van der Waals surface area contributed by atoms with Crippen LogP contribution in [0.25, 0.3) is 0 Å². The van der Waals surface area contributed by atoms with Crippen LogP contribution < -0.4 is 11.1 Å². The molecule has 1 amide bonds. The van der Waals surface area contributed by atoms with Crippen molar-refractivity contribution in [3.05, 3.63) is 29.3 Å². The highest BCUT2D eigenvalue weighted by molar-refractivity contribution is 7.99. The number of benzene rings is 1. The molecule has 18 heavy (non-hydrogen) atoms. The molecule has 102 valence electrons. The Morgan fingerprint density at radius 2 is 2.06 bits per heavy atom. The fourth-order valence-corrected chi connectivity index (χ4v) is 2.05. The normalized spacial score (nSPS) is 11.5. The van der Waals surface area contributed by atoms with Gasteiger partial charge in [-0.05, 0) is 24.3 Å². The number of nitrogens with two attached hydrogens (primary N) is 1. The number of carbonyl (C=O) groups excluding carboxylic acids is 1. The average Bonchev–Trinajstić information content (AvgIpc) is 2.35. The number of carbonyl (C=O) groups is 1. The predicted molar refractivity (Wildman–Crippen MR) is 80.7 cm³/mol. The number of halogens is 2. The van der Waals surface area contributed by atoms with E-state index in [1.807, 2.05) is 31.2 Å². The third-order valence-electron chi connectivity index (χ3n) is 2.28. The molecule has 0 aliphatic heterocycles. The summed E-state index contributed by atoms with van der Waals surface area (Å²) in [7, 11) is 0. The van der Waals surface area contributed by atoms with Crippen molar-refractivity contribution in [1.82, 2.24) is 5.32 Å². The monoisotopic (exact) mass is 308 g/mol. The number of nitrogens with one attached hydrogen (secondary N) is 1. The lowest BCUT2D eigenvalue weighted by Crippen LogP contribution is -2.34. The Kier molecular flexibility index (Phi) is 9.28. The maximum Gasteiger partial charge on any atom is 0.224 e. The smallest absolute Gasteiger partial charge is 0.224 e. The predicted octanol–water partition coefficient (Wildman–Crippen LogP) is 2.56. The molecule has 1 unspecified atom stereocenters. The van der Waals surface area contributed by atoms with Crippen LogP contribution in [0.15, 0.2) is 29.2 Å². The standard InChI is InChI=1S/C12H17ClN2OS.ClH/c1-9(8-14)12(16)15-6-7-17-11-4-2-10(13)3-5-11;/h2-5,9H,6-8,14H2,1H3,(H,15,16);1H. The molecule has 0 aromatic heterocycles. The molecule has 1 aromatic rings. The maximum absolute atomic E-state index is 11.4. The summed E-state index contributed by atoms with van der Waals surface area (Å²) in [6.07, 6.45) is 0. The molecule has 6 heteroatoms. The maximum atomic E-state index is 11.4. The highest BCUT2D eigenvalue weighted by Crippen LogP contribution is 2.19. The van der Waals surface area contributed by atoms with Crippen LogP contribution in [0.3, 0.4) is 0 Å². The van der Waals surface area contributed by atoms with E-state index in [9.17, 15) is 4.79 Å². The molecule has 1 aromatic carbocycles. The van der Waals surface area contributed by atoms with Gasteiger partial charge >= 0.3 is 0 Å². The van der Waals surface area contributed by atoms with Gasteiger partial charge in [0.2, 0.25) is 5.91 Å². The van der Waals surface area contributed by atoms with Gasteiger partial charge in [-0.3, -0.25) is 4.79 Å². The topological polar surface area (TPSA) is 55.1 Å². The van der Waals surface area contributed by atoms with Crippen LogP contribution in [-0.4, -0.2) is 24.7 Å². The number of rotatable bonds is 6. The molecule has 1 atom stereocenters. The largest absolute Gasteiger partial charge is 0.355 e. The Labute approximate surface area is 123 Å². The average molecular weight is 309 g/mol. The van der Waals surface area contributed by atoms with Gasteiger partial charge < -0.3 is 11.1 Å². The van der Waals surface area contributed by atoms with Crippen LogP contribution in [0.1, 0.15) is 6.92 Å². The first-order chi connectivity index (χ1) is 8.13. The van der Waals surface area contributed by atoms with Gasteiger partial charge in [0.1, 0.15) is 0 Å². The van der Waals surface area contributed by atoms with E-state index >= 15 is 0 Å². The summed E-state index contributed by atoms with van der Waals surface area (Å²) in [6, 6.07) is 7.66. The van der Waals surface area contributed by atoms with Crippen molar-refractivity contribution in [3.8, 4) is 0 Å². The van der Waals surface area contributed by atoms with Crippen LogP contribution in [0.5, 0.6) is 0 Å². The molecule has 0 heterocycles. The Bertz CT molecular complexity index is 360. The molecule has 0 saturated carbocycles.